The van der Waals surface area contributed by atoms with Crippen LogP contribution in [0.25, 0.3) is 0 Å². The lowest BCUT2D eigenvalue weighted by Gasteiger charge is -2.21. The van der Waals surface area contributed by atoms with Crippen molar-refractivity contribution in [3.63, 3.8) is 0 Å². The molecule has 1 nitrogen and oxygen atoms in total. The Morgan fingerprint density at radius 2 is 1.60 bits per heavy atom. The van der Waals surface area contributed by atoms with Gasteiger partial charge in [0, 0.05) is 28.7 Å². The first-order valence-corrected chi connectivity index (χ1v) is 6.81. The van der Waals surface area contributed by atoms with Crippen LogP contribution in [0.1, 0.15) is 37.1 Å². The quantitative estimate of drug-likeness (QED) is 0.834. The standard InChI is InChI=1S/C16H16ClF2N/c1-10(12-3-5-13(17)6-4-12)20-11(2)15-8-7-14(18)9-16(15)19/h3-11,20H,1-2H3. The lowest BCUT2D eigenvalue weighted by atomic mass is 10.0. The fraction of sp³-hybridized carbons (Fsp3) is 0.250. The van der Waals surface area contributed by atoms with E-state index < -0.39 is 11.6 Å². The Morgan fingerprint density at radius 1 is 0.950 bits per heavy atom. The van der Waals surface area contributed by atoms with Crippen molar-refractivity contribution in [3.05, 3.63) is 70.2 Å². The molecule has 0 amide bonds. The summed E-state index contributed by atoms with van der Waals surface area (Å²) in [6, 6.07) is 10.9. The highest BCUT2D eigenvalue weighted by Crippen LogP contribution is 2.23. The Hall–Kier alpha value is -1.45. The van der Waals surface area contributed by atoms with Crippen LogP contribution < -0.4 is 5.32 Å². The van der Waals surface area contributed by atoms with Gasteiger partial charge in [-0.3, -0.25) is 0 Å². The number of hydrogen-bond acceptors (Lipinski definition) is 1. The van der Waals surface area contributed by atoms with Gasteiger partial charge in [0.15, 0.2) is 0 Å². The molecule has 2 atom stereocenters. The molecule has 106 valence electrons. The zero-order chi connectivity index (χ0) is 14.7. The Kier molecular flexibility index (Phi) is 4.73. The van der Waals surface area contributed by atoms with E-state index in [-0.39, 0.29) is 12.1 Å². The lowest BCUT2D eigenvalue weighted by Crippen LogP contribution is -2.23. The molecule has 2 unspecified atom stereocenters. The third kappa shape index (κ3) is 3.56. The SMILES string of the molecule is CC(NC(C)c1ccc(F)cc1F)c1ccc(Cl)cc1. The molecule has 2 aromatic carbocycles. The van der Waals surface area contributed by atoms with E-state index in [0.717, 1.165) is 11.6 Å². The van der Waals surface area contributed by atoms with Crippen LogP contribution in [-0.2, 0) is 0 Å². The summed E-state index contributed by atoms with van der Waals surface area (Å²) < 4.78 is 26.6. The molecule has 4 heteroatoms. The molecule has 0 bridgehead atoms. The van der Waals surface area contributed by atoms with Gasteiger partial charge in [-0.2, -0.15) is 0 Å². The molecule has 0 aliphatic rings. The third-order valence-electron chi connectivity index (χ3n) is 3.30. The van der Waals surface area contributed by atoms with E-state index in [1.807, 2.05) is 38.1 Å². The number of benzene rings is 2. The minimum atomic E-state index is -0.566. The van der Waals surface area contributed by atoms with Crippen LogP contribution >= 0.6 is 11.6 Å². The third-order valence-corrected chi connectivity index (χ3v) is 3.55. The van der Waals surface area contributed by atoms with Gasteiger partial charge in [-0.25, -0.2) is 8.78 Å². The summed E-state index contributed by atoms with van der Waals surface area (Å²) in [5.41, 5.74) is 1.51. The molecule has 0 saturated carbocycles. The maximum absolute atomic E-state index is 13.7. The van der Waals surface area contributed by atoms with Crippen molar-refractivity contribution in [2.75, 3.05) is 0 Å². The normalized spacial score (nSPS) is 14.1. The predicted molar refractivity (Wildman–Crippen MR) is 77.8 cm³/mol. The highest BCUT2D eigenvalue weighted by atomic mass is 35.5. The number of halogens is 3. The monoisotopic (exact) mass is 295 g/mol. The fourth-order valence-corrected chi connectivity index (χ4v) is 2.29. The second kappa shape index (κ2) is 6.33. The van der Waals surface area contributed by atoms with E-state index >= 15 is 0 Å². The van der Waals surface area contributed by atoms with Gasteiger partial charge in [0.25, 0.3) is 0 Å². The van der Waals surface area contributed by atoms with Crippen molar-refractivity contribution >= 4 is 11.6 Å². The topological polar surface area (TPSA) is 12.0 Å². The van der Waals surface area contributed by atoms with Gasteiger partial charge in [-0.15, -0.1) is 0 Å². The summed E-state index contributed by atoms with van der Waals surface area (Å²) in [5, 5.41) is 3.97. The van der Waals surface area contributed by atoms with E-state index in [2.05, 4.69) is 5.32 Å². The van der Waals surface area contributed by atoms with Gasteiger partial charge in [0.2, 0.25) is 0 Å². The average molecular weight is 296 g/mol. The van der Waals surface area contributed by atoms with Crippen molar-refractivity contribution in [2.45, 2.75) is 25.9 Å². The zero-order valence-electron chi connectivity index (χ0n) is 11.3. The van der Waals surface area contributed by atoms with Gasteiger partial charge < -0.3 is 5.32 Å². The molecule has 0 spiro atoms. The summed E-state index contributed by atoms with van der Waals surface area (Å²) in [6.07, 6.45) is 0. The van der Waals surface area contributed by atoms with Crippen LogP contribution in [0.2, 0.25) is 5.02 Å². The molecule has 0 saturated heterocycles. The van der Waals surface area contributed by atoms with Crippen LogP contribution in [-0.4, -0.2) is 0 Å². The van der Waals surface area contributed by atoms with Crippen molar-refractivity contribution in [1.82, 2.24) is 5.32 Å². The van der Waals surface area contributed by atoms with Gasteiger partial charge in [0.05, 0.1) is 0 Å². The van der Waals surface area contributed by atoms with E-state index in [9.17, 15) is 8.78 Å². The molecule has 2 aromatic rings. The van der Waals surface area contributed by atoms with E-state index in [0.29, 0.717) is 10.6 Å². The molecule has 0 fully saturated rings. The Morgan fingerprint density at radius 3 is 2.20 bits per heavy atom. The summed E-state index contributed by atoms with van der Waals surface area (Å²) in [4.78, 5) is 0. The highest BCUT2D eigenvalue weighted by molar-refractivity contribution is 6.30. The minimum absolute atomic E-state index is 0.0340. The summed E-state index contributed by atoms with van der Waals surface area (Å²) in [6.45, 7) is 3.84. The molecule has 0 heterocycles. The number of rotatable bonds is 4. The Labute approximate surface area is 122 Å². The van der Waals surface area contributed by atoms with E-state index in [4.69, 9.17) is 11.6 Å². The van der Waals surface area contributed by atoms with Crippen molar-refractivity contribution < 1.29 is 8.78 Å². The molecule has 20 heavy (non-hydrogen) atoms. The summed E-state index contributed by atoms with van der Waals surface area (Å²) >= 11 is 5.85. The summed E-state index contributed by atoms with van der Waals surface area (Å²) in [7, 11) is 0. The minimum Gasteiger partial charge on any atom is -0.304 e. The summed E-state index contributed by atoms with van der Waals surface area (Å²) in [5.74, 6) is -1.10. The maximum atomic E-state index is 13.7. The van der Waals surface area contributed by atoms with Crippen LogP contribution in [0.5, 0.6) is 0 Å². The second-order valence-corrected chi connectivity index (χ2v) is 5.26. The van der Waals surface area contributed by atoms with Gasteiger partial charge in [-0.05, 0) is 37.6 Å². The molecular formula is C16H16ClF2N. The van der Waals surface area contributed by atoms with Crippen LogP contribution in [0.4, 0.5) is 8.78 Å². The van der Waals surface area contributed by atoms with Crippen molar-refractivity contribution in [2.24, 2.45) is 0 Å². The van der Waals surface area contributed by atoms with Crippen LogP contribution in [0.3, 0.4) is 0 Å². The zero-order valence-corrected chi connectivity index (χ0v) is 12.1. The maximum Gasteiger partial charge on any atom is 0.130 e. The highest BCUT2D eigenvalue weighted by Gasteiger charge is 2.15. The van der Waals surface area contributed by atoms with Gasteiger partial charge >= 0.3 is 0 Å². The first kappa shape index (κ1) is 14.9. The van der Waals surface area contributed by atoms with Gasteiger partial charge in [-0.1, -0.05) is 29.8 Å². The Balaban J connectivity index is 2.10. The average Bonchev–Trinajstić information content (AvgIpc) is 2.39. The van der Waals surface area contributed by atoms with E-state index in [1.54, 1.807) is 0 Å². The lowest BCUT2D eigenvalue weighted by molar-refractivity contribution is 0.470. The number of nitrogens with one attached hydrogen (secondary N) is 1. The molecular weight excluding hydrogens is 280 g/mol. The second-order valence-electron chi connectivity index (χ2n) is 4.83. The van der Waals surface area contributed by atoms with Crippen molar-refractivity contribution in [1.29, 1.82) is 0 Å². The van der Waals surface area contributed by atoms with Gasteiger partial charge in [0.1, 0.15) is 11.6 Å². The van der Waals surface area contributed by atoms with Crippen LogP contribution in [0.15, 0.2) is 42.5 Å². The largest absolute Gasteiger partial charge is 0.304 e. The number of hydrogen-bond donors (Lipinski definition) is 1. The molecule has 0 radical (unpaired) electrons. The Bertz CT molecular complexity index is 584. The molecule has 1 N–H and O–H groups in total. The first-order chi connectivity index (χ1) is 9.47. The van der Waals surface area contributed by atoms with E-state index in [1.165, 1.54) is 12.1 Å². The fourth-order valence-electron chi connectivity index (χ4n) is 2.17. The van der Waals surface area contributed by atoms with Crippen LogP contribution in [0, 0.1) is 11.6 Å². The van der Waals surface area contributed by atoms with Crippen molar-refractivity contribution in [3.8, 4) is 0 Å². The predicted octanol–water partition coefficient (Wildman–Crippen LogP) is 5.03. The molecule has 2 rings (SSSR count). The smallest absolute Gasteiger partial charge is 0.130 e. The molecule has 0 aliphatic carbocycles. The first-order valence-electron chi connectivity index (χ1n) is 6.44. The molecule has 0 aliphatic heterocycles. The molecule has 0 aromatic heterocycles.